The Morgan fingerprint density at radius 1 is 1.15 bits per heavy atom. The topological polar surface area (TPSA) is 50.7 Å². The van der Waals surface area contributed by atoms with Gasteiger partial charge in [0.2, 0.25) is 0 Å². The summed E-state index contributed by atoms with van der Waals surface area (Å²) in [7, 11) is 0. The first kappa shape index (κ1) is 17.0. The van der Waals surface area contributed by atoms with Crippen LogP contribution in [0.15, 0.2) is 24.3 Å². The molecule has 1 unspecified atom stereocenters. The van der Waals surface area contributed by atoms with Gasteiger partial charge in [-0.25, -0.2) is 0 Å². The lowest BCUT2D eigenvalue weighted by Crippen LogP contribution is -2.33. The molecule has 1 rings (SSSR count). The standard InChI is InChI=1S/C16H27NO3/c1-13(2)11-19-9-8-17-10-15(18)12-20-16-6-4-14(3)5-7-16/h4-7,13,15,17-18H,8-12H2,1-3H3. The Balaban J connectivity index is 2.03. The molecule has 0 aliphatic heterocycles. The fraction of sp³-hybridized carbons (Fsp3) is 0.625. The zero-order valence-electron chi connectivity index (χ0n) is 12.8. The summed E-state index contributed by atoms with van der Waals surface area (Å²) in [5.41, 5.74) is 1.20. The van der Waals surface area contributed by atoms with E-state index in [1.165, 1.54) is 5.56 Å². The SMILES string of the molecule is Cc1ccc(OCC(O)CNCCOCC(C)C)cc1. The maximum atomic E-state index is 9.78. The minimum atomic E-state index is -0.513. The number of rotatable bonds is 10. The van der Waals surface area contributed by atoms with Gasteiger partial charge >= 0.3 is 0 Å². The summed E-state index contributed by atoms with van der Waals surface area (Å²) >= 11 is 0. The summed E-state index contributed by atoms with van der Waals surface area (Å²) < 4.78 is 11.0. The quantitative estimate of drug-likeness (QED) is 0.644. The molecule has 20 heavy (non-hydrogen) atoms. The van der Waals surface area contributed by atoms with Gasteiger partial charge in [0.15, 0.2) is 0 Å². The van der Waals surface area contributed by atoms with Crippen molar-refractivity contribution in [1.82, 2.24) is 5.32 Å². The maximum absolute atomic E-state index is 9.78. The van der Waals surface area contributed by atoms with Gasteiger partial charge < -0.3 is 19.9 Å². The molecule has 1 aromatic carbocycles. The van der Waals surface area contributed by atoms with Crippen LogP contribution < -0.4 is 10.1 Å². The lowest BCUT2D eigenvalue weighted by atomic mass is 10.2. The molecule has 0 saturated carbocycles. The lowest BCUT2D eigenvalue weighted by molar-refractivity contribution is 0.0925. The first-order chi connectivity index (χ1) is 9.58. The number of nitrogens with one attached hydrogen (secondary N) is 1. The highest BCUT2D eigenvalue weighted by Gasteiger charge is 2.04. The molecule has 2 N–H and O–H groups in total. The Bertz CT molecular complexity index is 351. The van der Waals surface area contributed by atoms with E-state index in [0.717, 1.165) is 18.9 Å². The van der Waals surface area contributed by atoms with Crippen LogP contribution in [-0.4, -0.2) is 44.1 Å². The number of ether oxygens (including phenoxy) is 2. The van der Waals surface area contributed by atoms with Crippen LogP contribution in [0.25, 0.3) is 0 Å². The molecule has 0 fully saturated rings. The van der Waals surface area contributed by atoms with E-state index in [1.54, 1.807) is 0 Å². The molecule has 0 saturated heterocycles. The van der Waals surface area contributed by atoms with Gasteiger partial charge in [-0.1, -0.05) is 31.5 Å². The van der Waals surface area contributed by atoms with Crippen molar-refractivity contribution in [3.63, 3.8) is 0 Å². The fourth-order valence-electron chi connectivity index (χ4n) is 1.62. The van der Waals surface area contributed by atoms with E-state index in [1.807, 2.05) is 31.2 Å². The van der Waals surface area contributed by atoms with Crippen molar-refractivity contribution in [3.05, 3.63) is 29.8 Å². The molecule has 0 aliphatic carbocycles. The summed E-state index contributed by atoms with van der Waals surface area (Å²) in [5.74, 6) is 1.35. The summed E-state index contributed by atoms with van der Waals surface area (Å²) in [6.07, 6.45) is -0.513. The number of aliphatic hydroxyl groups is 1. The van der Waals surface area contributed by atoms with Crippen molar-refractivity contribution >= 4 is 0 Å². The summed E-state index contributed by atoms with van der Waals surface area (Å²) in [5, 5.41) is 12.9. The van der Waals surface area contributed by atoms with Gasteiger partial charge in [0.25, 0.3) is 0 Å². The molecular formula is C16H27NO3. The van der Waals surface area contributed by atoms with Crippen molar-refractivity contribution in [2.45, 2.75) is 26.9 Å². The third-order valence-corrected chi connectivity index (χ3v) is 2.72. The Morgan fingerprint density at radius 2 is 1.85 bits per heavy atom. The van der Waals surface area contributed by atoms with Gasteiger partial charge in [0, 0.05) is 19.7 Å². The molecule has 0 spiro atoms. The molecule has 0 heterocycles. The van der Waals surface area contributed by atoms with Gasteiger partial charge in [-0.15, -0.1) is 0 Å². The van der Waals surface area contributed by atoms with Crippen LogP contribution >= 0.6 is 0 Å². The molecule has 0 aliphatic rings. The number of hydrogen-bond acceptors (Lipinski definition) is 4. The van der Waals surface area contributed by atoms with Gasteiger partial charge in [-0.3, -0.25) is 0 Å². The molecule has 4 heteroatoms. The lowest BCUT2D eigenvalue weighted by Gasteiger charge is -2.13. The minimum absolute atomic E-state index is 0.295. The smallest absolute Gasteiger partial charge is 0.119 e. The van der Waals surface area contributed by atoms with Crippen LogP contribution in [0.5, 0.6) is 5.75 Å². The highest BCUT2D eigenvalue weighted by molar-refractivity contribution is 5.26. The van der Waals surface area contributed by atoms with Crippen molar-refractivity contribution in [2.75, 3.05) is 32.9 Å². The molecule has 0 aromatic heterocycles. The fourth-order valence-corrected chi connectivity index (χ4v) is 1.62. The van der Waals surface area contributed by atoms with Gasteiger partial charge in [-0.05, 0) is 25.0 Å². The van der Waals surface area contributed by atoms with Crippen LogP contribution in [0.1, 0.15) is 19.4 Å². The molecule has 0 amide bonds. The third-order valence-electron chi connectivity index (χ3n) is 2.72. The molecule has 1 atom stereocenters. The largest absolute Gasteiger partial charge is 0.491 e. The van der Waals surface area contributed by atoms with E-state index in [9.17, 15) is 5.11 Å². The Morgan fingerprint density at radius 3 is 2.50 bits per heavy atom. The maximum Gasteiger partial charge on any atom is 0.119 e. The van der Waals surface area contributed by atoms with E-state index in [4.69, 9.17) is 9.47 Å². The van der Waals surface area contributed by atoms with E-state index in [2.05, 4.69) is 19.2 Å². The predicted molar refractivity (Wildman–Crippen MR) is 81.2 cm³/mol. The first-order valence-electron chi connectivity index (χ1n) is 7.24. The van der Waals surface area contributed by atoms with Crippen molar-refractivity contribution in [2.24, 2.45) is 5.92 Å². The summed E-state index contributed by atoms with van der Waals surface area (Å²) in [6.45, 7) is 9.28. The summed E-state index contributed by atoms with van der Waals surface area (Å²) in [4.78, 5) is 0. The summed E-state index contributed by atoms with van der Waals surface area (Å²) in [6, 6.07) is 7.81. The van der Waals surface area contributed by atoms with E-state index in [0.29, 0.717) is 25.7 Å². The average molecular weight is 281 g/mol. The second kappa shape index (κ2) is 9.75. The van der Waals surface area contributed by atoms with Crippen LogP contribution in [0.3, 0.4) is 0 Å². The van der Waals surface area contributed by atoms with E-state index < -0.39 is 6.10 Å². The number of hydrogen-bond donors (Lipinski definition) is 2. The molecule has 1 aromatic rings. The highest BCUT2D eigenvalue weighted by atomic mass is 16.5. The predicted octanol–water partition coefficient (Wildman–Crippen LogP) is 2.00. The number of aliphatic hydroxyl groups excluding tert-OH is 1. The van der Waals surface area contributed by atoms with Gasteiger partial charge in [0.1, 0.15) is 18.5 Å². The van der Waals surface area contributed by atoms with Crippen molar-refractivity contribution < 1.29 is 14.6 Å². The molecule has 0 bridgehead atoms. The van der Waals surface area contributed by atoms with Crippen LogP contribution in [0, 0.1) is 12.8 Å². The average Bonchev–Trinajstić information content (AvgIpc) is 2.41. The van der Waals surface area contributed by atoms with Crippen LogP contribution in [-0.2, 0) is 4.74 Å². The van der Waals surface area contributed by atoms with E-state index >= 15 is 0 Å². The molecule has 0 radical (unpaired) electrons. The van der Waals surface area contributed by atoms with Gasteiger partial charge in [-0.2, -0.15) is 0 Å². The van der Waals surface area contributed by atoms with Crippen LogP contribution in [0.4, 0.5) is 0 Å². The number of aryl methyl sites for hydroxylation is 1. The Kier molecular flexibility index (Phi) is 8.26. The molecule has 4 nitrogen and oxygen atoms in total. The second-order valence-corrected chi connectivity index (χ2v) is 5.45. The van der Waals surface area contributed by atoms with Crippen LogP contribution in [0.2, 0.25) is 0 Å². The Hall–Kier alpha value is -1.10. The van der Waals surface area contributed by atoms with E-state index in [-0.39, 0.29) is 0 Å². The van der Waals surface area contributed by atoms with Crippen molar-refractivity contribution in [1.29, 1.82) is 0 Å². The monoisotopic (exact) mass is 281 g/mol. The number of benzene rings is 1. The zero-order chi connectivity index (χ0) is 14.8. The van der Waals surface area contributed by atoms with Gasteiger partial charge in [0.05, 0.1) is 6.61 Å². The highest BCUT2D eigenvalue weighted by Crippen LogP contribution is 2.11. The second-order valence-electron chi connectivity index (χ2n) is 5.45. The zero-order valence-corrected chi connectivity index (χ0v) is 12.8. The third kappa shape index (κ3) is 8.15. The molecular weight excluding hydrogens is 254 g/mol. The molecule has 114 valence electrons. The van der Waals surface area contributed by atoms with Crippen molar-refractivity contribution in [3.8, 4) is 5.75 Å². The minimum Gasteiger partial charge on any atom is -0.491 e. The normalized spacial score (nSPS) is 12.7. The Labute approximate surface area is 122 Å². The first-order valence-corrected chi connectivity index (χ1v) is 7.24.